The van der Waals surface area contributed by atoms with E-state index in [0.717, 1.165) is 16.3 Å². The number of furan rings is 1. The van der Waals surface area contributed by atoms with Gasteiger partial charge in [0.05, 0.1) is 12.0 Å². The Labute approximate surface area is 166 Å². The van der Waals surface area contributed by atoms with Gasteiger partial charge in [0.15, 0.2) is 5.76 Å². The van der Waals surface area contributed by atoms with E-state index in [0.29, 0.717) is 44.8 Å². The number of rotatable bonds is 5. The van der Waals surface area contributed by atoms with Gasteiger partial charge >= 0.3 is 0 Å². The molecule has 0 atom stereocenters. The molecule has 7 nitrogen and oxygen atoms in total. The minimum atomic E-state index is -0.123. The number of thiazole rings is 1. The van der Waals surface area contributed by atoms with Crippen LogP contribution in [0.15, 0.2) is 52.7 Å². The molecule has 0 spiro atoms. The van der Waals surface area contributed by atoms with Gasteiger partial charge in [-0.3, -0.25) is 14.6 Å². The predicted octanol–water partition coefficient (Wildman–Crippen LogP) is 2.72. The summed E-state index contributed by atoms with van der Waals surface area (Å²) in [6.45, 7) is 2.13. The molecule has 0 saturated carbocycles. The van der Waals surface area contributed by atoms with Crippen LogP contribution in [0.4, 0.5) is 0 Å². The molecule has 1 aliphatic rings. The van der Waals surface area contributed by atoms with Gasteiger partial charge in [0.1, 0.15) is 5.01 Å². The molecule has 2 amide bonds. The zero-order valence-electron chi connectivity index (χ0n) is 15.3. The van der Waals surface area contributed by atoms with Gasteiger partial charge in [0.25, 0.3) is 5.91 Å². The van der Waals surface area contributed by atoms with Gasteiger partial charge in [-0.05, 0) is 30.7 Å². The zero-order valence-corrected chi connectivity index (χ0v) is 16.1. The number of aryl methyl sites for hydroxylation is 1. The number of piperazine rings is 1. The van der Waals surface area contributed by atoms with Crippen molar-refractivity contribution >= 4 is 23.2 Å². The molecule has 28 heavy (non-hydrogen) atoms. The molecule has 0 aromatic carbocycles. The van der Waals surface area contributed by atoms with E-state index in [9.17, 15) is 9.59 Å². The summed E-state index contributed by atoms with van der Waals surface area (Å²) < 4.78 is 5.16. The number of aromatic nitrogens is 2. The highest BCUT2D eigenvalue weighted by Gasteiger charge is 2.25. The number of hydrogen-bond donors (Lipinski definition) is 0. The molecule has 1 fully saturated rings. The number of pyridine rings is 1. The minimum Gasteiger partial charge on any atom is -0.459 e. The molecule has 0 unspecified atom stereocenters. The summed E-state index contributed by atoms with van der Waals surface area (Å²) >= 11 is 1.56. The highest BCUT2D eigenvalue weighted by atomic mass is 32.1. The highest BCUT2D eigenvalue weighted by Crippen LogP contribution is 2.23. The lowest BCUT2D eigenvalue weighted by atomic mass is 10.2. The largest absolute Gasteiger partial charge is 0.459 e. The Hall–Kier alpha value is -3.00. The lowest BCUT2D eigenvalue weighted by Crippen LogP contribution is -2.50. The standard InChI is InChI=1S/C20H20N4O3S/c25-18(6-5-16-14-28-19(22-16)15-3-1-7-21-13-15)23-8-10-24(11-9-23)20(26)17-4-2-12-27-17/h1-4,7,12-14H,5-6,8-11H2. The van der Waals surface area contributed by atoms with Crippen molar-refractivity contribution in [1.29, 1.82) is 0 Å². The van der Waals surface area contributed by atoms with Crippen molar-refractivity contribution in [2.75, 3.05) is 26.2 Å². The quantitative estimate of drug-likeness (QED) is 0.663. The van der Waals surface area contributed by atoms with Gasteiger partial charge in [-0.1, -0.05) is 0 Å². The summed E-state index contributed by atoms with van der Waals surface area (Å²) in [5.41, 5.74) is 1.91. The Morgan fingerprint density at radius 2 is 1.93 bits per heavy atom. The van der Waals surface area contributed by atoms with Crippen molar-refractivity contribution < 1.29 is 14.0 Å². The summed E-state index contributed by atoms with van der Waals surface area (Å²) in [4.78, 5) is 37.1. The van der Waals surface area contributed by atoms with Crippen LogP contribution >= 0.6 is 11.3 Å². The van der Waals surface area contributed by atoms with Crippen molar-refractivity contribution in [1.82, 2.24) is 19.8 Å². The SMILES string of the molecule is O=C(CCc1csc(-c2cccnc2)n1)N1CCN(C(=O)c2ccco2)CC1. The first kappa shape index (κ1) is 18.4. The normalized spacial score (nSPS) is 14.3. The van der Waals surface area contributed by atoms with Crippen LogP contribution in [-0.2, 0) is 11.2 Å². The van der Waals surface area contributed by atoms with Crippen LogP contribution in [0, 0.1) is 0 Å². The Morgan fingerprint density at radius 1 is 1.11 bits per heavy atom. The Bertz CT molecular complexity index is 932. The lowest BCUT2D eigenvalue weighted by molar-refractivity contribution is -0.132. The highest BCUT2D eigenvalue weighted by molar-refractivity contribution is 7.13. The molecule has 4 rings (SSSR count). The van der Waals surface area contributed by atoms with Crippen molar-refractivity contribution in [3.63, 3.8) is 0 Å². The number of carbonyl (C=O) groups is 2. The molecular weight excluding hydrogens is 376 g/mol. The zero-order chi connectivity index (χ0) is 19.3. The number of carbonyl (C=O) groups excluding carboxylic acids is 2. The molecule has 1 aliphatic heterocycles. The second-order valence-electron chi connectivity index (χ2n) is 6.54. The maximum atomic E-state index is 12.5. The van der Waals surface area contributed by atoms with E-state index in [1.165, 1.54) is 6.26 Å². The fraction of sp³-hybridized carbons (Fsp3) is 0.300. The summed E-state index contributed by atoms with van der Waals surface area (Å²) in [6.07, 6.45) is 6.05. The van der Waals surface area contributed by atoms with Gasteiger partial charge in [-0.2, -0.15) is 0 Å². The van der Waals surface area contributed by atoms with Crippen LogP contribution in [-0.4, -0.2) is 57.8 Å². The van der Waals surface area contributed by atoms with Gasteiger partial charge < -0.3 is 14.2 Å². The smallest absolute Gasteiger partial charge is 0.289 e. The molecule has 1 saturated heterocycles. The molecule has 8 heteroatoms. The average Bonchev–Trinajstić information content (AvgIpc) is 3.44. The predicted molar refractivity (Wildman–Crippen MR) is 105 cm³/mol. The van der Waals surface area contributed by atoms with Crippen LogP contribution in [0.3, 0.4) is 0 Å². The number of nitrogens with zero attached hydrogens (tertiary/aromatic N) is 4. The van der Waals surface area contributed by atoms with Crippen LogP contribution in [0.25, 0.3) is 10.6 Å². The monoisotopic (exact) mass is 396 g/mol. The molecular formula is C20H20N4O3S. The molecule has 144 valence electrons. The van der Waals surface area contributed by atoms with E-state index < -0.39 is 0 Å². The fourth-order valence-corrected chi connectivity index (χ4v) is 4.00. The van der Waals surface area contributed by atoms with Gasteiger partial charge in [-0.15, -0.1) is 11.3 Å². The third kappa shape index (κ3) is 4.12. The van der Waals surface area contributed by atoms with E-state index >= 15 is 0 Å². The lowest BCUT2D eigenvalue weighted by Gasteiger charge is -2.34. The van der Waals surface area contributed by atoms with Crippen molar-refractivity contribution in [2.45, 2.75) is 12.8 Å². The number of amides is 2. The first-order chi connectivity index (χ1) is 13.7. The fourth-order valence-electron chi connectivity index (χ4n) is 3.15. The number of hydrogen-bond acceptors (Lipinski definition) is 6. The van der Waals surface area contributed by atoms with Gasteiger partial charge in [0.2, 0.25) is 5.91 Å². The Kier molecular flexibility index (Phi) is 5.48. The Balaban J connectivity index is 1.26. The maximum Gasteiger partial charge on any atom is 0.289 e. The second-order valence-corrected chi connectivity index (χ2v) is 7.39. The first-order valence-electron chi connectivity index (χ1n) is 9.16. The van der Waals surface area contributed by atoms with Crippen LogP contribution in [0.5, 0.6) is 0 Å². The third-order valence-electron chi connectivity index (χ3n) is 4.71. The average molecular weight is 396 g/mol. The van der Waals surface area contributed by atoms with Gasteiger partial charge in [0, 0.05) is 55.9 Å². The van der Waals surface area contributed by atoms with E-state index in [-0.39, 0.29) is 11.8 Å². The molecule has 4 heterocycles. The first-order valence-corrected chi connectivity index (χ1v) is 10.0. The minimum absolute atomic E-state index is 0.0982. The summed E-state index contributed by atoms with van der Waals surface area (Å²) in [6, 6.07) is 7.22. The van der Waals surface area contributed by atoms with Crippen molar-refractivity contribution in [3.8, 4) is 10.6 Å². The van der Waals surface area contributed by atoms with Crippen molar-refractivity contribution in [3.05, 3.63) is 59.8 Å². The van der Waals surface area contributed by atoms with Crippen LogP contribution in [0.1, 0.15) is 22.7 Å². The van der Waals surface area contributed by atoms with Crippen molar-refractivity contribution in [2.24, 2.45) is 0 Å². The molecule has 3 aromatic rings. The maximum absolute atomic E-state index is 12.5. The summed E-state index contributed by atoms with van der Waals surface area (Å²) in [5.74, 6) is 0.316. The molecule has 3 aromatic heterocycles. The third-order valence-corrected chi connectivity index (χ3v) is 5.65. The molecule has 0 radical (unpaired) electrons. The summed E-state index contributed by atoms with van der Waals surface area (Å²) in [5, 5.41) is 2.91. The molecule has 0 bridgehead atoms. The summed E-state index contributed by atoms with van der Waals surface area (Å²) in [7, 11) is 0. The van der Waals surface area contributed by atoms with Crippen LogP contribution in [0.2, 0.25) is 0 Å². The Morgan fingerprint density at radius 3 is 2.64 bits per heavy atom. The van der Waals surface area contributed by atoms with E-state index in [2.05, 4.69) is 9.97 Å². The van der Waals surface area contributed by atoms with Crippen LogP contribution < -0.4 is 0 Å². The van der Waals surface area contributed by atoms with Gasteiger partial charge in [-0.25, -0.2) is 4.98 Å². The molecule has 0 aliphatic carbocycles. The van der Waals surface area contributed by atoms with E-state index in [1.54, 1.807) is 40.8 Å². The topological polar surface area (TPSA) is 79.5 Å². The van der Waals surface area contributed by atoms with E-state index in [1.807, 2.05) is 22.4 Å². The second kappa shape index (κ2) is 8.35. The van der Waals surface area contributed by atoms with E-state index in [4.69, 9.17) is 4.42 Å². The molecule has 0 N–H and O–H groups in total.